The van der Waals surface area contributed by atoms with Gasteiger partial charge in [-0.25, -0.2) is 0 Å². The van der Waals surface area contributed by atoms with Gasteiger partial charge in [0.2, 0.25) is 0 Å². The molecule has 0 aromatic heterocycles. The quantitative estimate of drug-likeness (QED) is 0.160. The molecule has 2 nitrogen and oxygen atoms in total. The second-order valence-corrected chi connectivity index (χ2v) is 19.0. The van der Waals surface area contributed by atoms with E-state index in [9.17, 15) is 0 Å². The molecule has 314 valence electrons. The molecule has 68 heavy (non-hydrogen) atoms. The summed E-state index contributed by atoms with van der Waals surface area (Å²) in [5, 5.41) is 7.54. The summed E-state index contributed by atoms with van der Waals surface area (Å²) >= 11 is 0. The van der Waals surface area contributed by atoms with E-state index >= 15 is 0 Å². The topological polar surface area (TPSA) is 6.48 Å². The molecule has 0 fully saturated rings. The van der Waals surface area contributed by atoms with Gasteiger partial charge in [-0.2, -0.15) is 0 Å². The first-order valence-electron chi connectivity index (χ1n) is 23.9. The lowest BCUT2D eigenvalue weighted by atomic mass is 9.64. The van der Waals surface area contributed by atoms with Crippen LogP contribution in [0.5, 0.6) is 0 Å². The summed E-state index contributed by atoms with van der Waals surface area (Å²) in [4.78, 5) is 5.11. The van der Waals surface area contributed by atoms with Crippen molar-refractivity contribution in [1.29, 1.82) is 0 Å². The average molecular weight is 861 g/mol. The molecule has 0 saturated heterocycles. The first-order chi connectivity index (χ1) is 33.8. The molecule has 0 radical (unpaired) electrons. The van der Waals surface area contributed by atoms with Gasteiger partial charge in [-0.05, 0) is 125 Å². The Bertz CT molecular complexity index is 3680. The molecule has 4 aliphatic rings. The smallest absolute Gasteiger partial charge is 0.0754 e. The van der Waals surface area contributed by atoms with Crippen LogP contribution in [0, 0.1) is 0 Å². The maximum Gasteiger partial charge on any atom is 0.0754 e. The van der Waals surface area contributed by atoms with Crippen molar-refractivity contribution in [3.05, 3.63) is 287 Å². The largest absolute Gasteiger partial charge is 0.309 e. The minimum atomic E-state index is -0.460. The number of nitrogens with zero attached hydrogens (tertiary/aromatic N) is 2. The third kappa shape index (κ3) is 4.22. The second-order valence-electron chi connectivity index (χ2n) is 19.0. The van der Waals surface area contributed by atoms with E-state index in [2.05, 4.69) is 252 Å². The van der Waals surface area contributed by atoms with Gasteiger partial charge in [0.1, 0.15) is 0 Å². The van der Waals surface area contributed by atoms with Gasteiger partial charge < -0.3 is 9.80 Å². The van der Waals surface area contributed by atoms with Crippen LogP contribution in [-0.2, 0) is 10.8 Å². The molecule has 0 unspecified atom stereocenters. The van der Waals surface area contributed by atoms with Gasteiger partial charge in [0.25, 0.3) is 0 Å². The van der Waals surface area contributed by atoms with E-state index in [1.165, 1.54) is 133 Å². The van der Waals surface area contributed by atoms with Crippen molar-refractivity contribution in [2.75, 3.05) is 9.80 Å². The van der Waals surface area contributed by atoms with Gasteiger partial charge >= 0.3 is 0 Å². The number of hydrogen-bond donors (Lipinski definition) is 0. The Hall–Kier alpha value is -8.72. The molecule has 0 amide bonds. The molecule has 0 N–H and O–H groups in total. The standard InChI is InChI=1S/C66H40N2/c1-5-21-49-43(17-1)44-18-2-6-22-50(44)65(49)53-25-9-13-29-59(53)67(60-30-14-10-26-54(60)65)57-39-35-41-34-38-48-58(40-36-42-33-37-47(57)63(41)64(42)48)68-61-31-15-11-27-55(61)66(56-28-12-16-32-62(56)68)51-23-7-3-19-45(51)46-20-4-8-24-52(46)66/h1-40H. The summed E-state index contributed by atoms with van der Waals surface area (Å²) in [6, 6.07) is 91.7. The van der Waals surface area contributed by atoms with Crippen molar-refractivity contribution in [2.24, 2.45) is 0 Å². The average Bonchev–Trinajstić information content (AvgIpc) is 3.87. The number of rotatable bonds is 2. The van der Waals surface area contributed by atoms with Crippen LogP contribution >= 0.6 is 0 Å². The van der Waals surface area contributed by atoms with Gasteiger partial charge in [0, 0.05) is 10.8 Å². The Balaban J connectivity index is 0.940. The van der Waals surface area contributed by atoms with Gasteiger partial charge in [-0.3, -0.25) is 0 Å². The molecule has 2 spiro atoms. The third-order valence-corrected chi connectivity index (χ3v) is 16.2. The lowest BCUT2D eigenvalue weighted by Crippen LogP contribution is -2.36. The zero-order chi connectivity index (χ0) is 44.3. The highest BCUT2D eigenvalue weighted by atomic mass is 15.2. The highest BCUT2D eigenvalue weighted by Crippen LogP contribution is 2.66. The Morgan fingerprint density at radius 1 is 0.206 bits per heavy atom. The van der Waals surface area contributed by atoms with Crippen molar-refractivity contribution in [1.82, 2.24) is 0 Å². The minimum Gasteiger partial charge on any atom is -0.309 e. The Morgan fingerprint density at radius 3 is 0.765 bits per heavy atom. The van der Waals surface area contributed by atoms with Crippen LogP contribution in [0.25, 0.3) is 54.6 Å². The predicted octanol–water partition coefficient (Wildman–Crippen LogP) is 16.9. The summed E-state index contributed by atoms with van der Waals surface area (Å²) in [6.45, 7) is 0. The van der Waals surface area contributed by atoms with E-state index in [1.54, 1.807) is 0 Å². The van der Waals surface area contributed by atoms with E-state index < -0.39 is 10.8 Å². The number of fused-ring (bicyclic) bond motifs is 18. The summed E-state index contributed by atoms with van der Waals surface area (Å²) in [5.41, 5.74) is 22.1. The Morgan fingerprint density at radius 2 is 0.456 bits per heavy atom. The van der Waals surface area contributed by atoms with Crippen LogP contribution in [0.4, 0.5) is 34.1 Å². The monoisotopic (exact) mass is 860 g/mol. The van der Waals surface area contributed by atoms with Crippen molar-refractivity contribution >= 4 is 66.4 Å². The van der Waals surface area contributed by atoms with Gasteiger partial charge in [0.15, 0.2) is 0 Å². The predicted molar refractivity (Wildman–Crippen MR) is 281 cm³/mol. The fourth-order valence-corrected chi connectivity index (χ4v) is 13.8. The highest BCUT2D eigenvalue weighted by molar-refractivity contribution is 6.28. The van der Waals surface area contributed by atoms with Crippen LogP contribution in [-0.4, -0.2) is 0 Å². The summed E-state index contributed by atoms with van der Waals surface area (Å²) in [6.07, 6.45) is 0. The lowest BCUT2D eigenvalue weighted by Gasteiger charge is -2.45. The maximum atomic E-state index is 2.56. The van der Waals surface area contributed by atoms with Crippen molar-refractivity contribution < 1.29 is 0 Å². The van der Waals surface area contributed by atoms with Crippen LogP contribution < -0.4 is 9.80 Å². The first kappa shape index (κ1) is 36.5. The molecule has 0 atom stereocenters. The molecule has 2 aliphatic heterocycles. The molecule has 16 rings (SSSR count). The second kappa shape index (κ2) is 13.0. The minimum absolute atomic E-state index is 0.460. The zero-order valence-electron chi connectivity index (χ0n) is 37.0. The molecule has 12 aromatic rings. The molecule has 12 aromatic carbocycles. The molecule has 0 bridgehead atoms. The summed E-state index contributed by atoms with van der Waals surface area (Å²) < 4.78 is 0. The van der Waals surface area contributed by atoms with Gasteiger partial charge in [0.05, 0.1) is 45.0 Å². The molecular weight excluding hydrogens is 821 g/mol. The Labute approximate surface area is 394 Å². The van der Waals surface area contributed by atoms with Crippen LogP contribution in [0.2, 0.25) is 0 Å². The van der Waals surface area contributed by atoms with E-state index in [1.807, 2.05) is 0 Å². The highest BCUT2D eigenvalue weighted by Gasteiger charge is 2.53. The number of anilines is 6. The van der Waals surface area contributed by atoms with Crippen molar-refractivity contribution in [2.45, 2.75) is 10.8 Å². The molecule has 2 aliphatic carbocycles. The lowest BCUT2D eigenvalue weighted by molar-refractivity contribution is 0.753. The summed E-state index contributed by atoms with van der Waals surface area (Å²) in [5.74, 6) is 0. The molecule has 2 heteroatoms. The summed E-state index contributed by atoms with van der Waals surface area (Å²) in [7, 11) is 0. The maximum absolute atomic E-state index is 2.56. The van der Waals surface area contributed by atoms with Crippen LogP contribution in [0.3, 0.4) is 0 Å². The van der Waals surface area contributed by atoms with Crippen LogP contribution in [0.15, 0.2) is 243 Å². The first-order valence-corrected chi connectivity index (χ1v) is 23.9. The van der Waals surface area contributed by atoms with E-state index in [0.29, 0.717) is 0 Å². The van der Waals surface area contributed by atoms with E-state index in [0.717, 1.165) is 0 Å². The SMILES string of the molecule is c1ccc2c(c1)-c1ccccc1C21c2ccccc2N(c2ccc3ccc4c(N5c6ccccc6C6(c7ccccc7-c7ccccc76)c6ccccc65)ccc5ccc2c3c54)c2ccccc21. The van der Waals surface area contributed by atoms with Gasteiger partial charge in [-0.1, -0.05) is 206 Å². The normalized spacial score (nSPS) is 14.9. The van der Waals surface area contributed by atoms with E-state index in [4.69, 9.17) is 0 Å². The molecule has 0 saturated carbocycles. The molecule has 2 heterocycles. The van der Waals surface area contributed by atoms with Crippen molar-refractivity contribution in [3.63, 3.8) is 0 Å². The van der Waals surface area contributed by atoms with Crippen molar-refractivity contribution in [3.8, 4) is 22.3 Å². The molecular formula is C66H40N2. The number of para-hydroxylation sites is 4. The zero-order valence-corrected chi connectivity index (χ0v) is 37.0. The fourth-order valence-electron chi connectivity index (χ4n) is 13.8. The van der Waals surface area contributed by atoms with Gasteiger partial charge in [-0.15, -0.1) is 0 Å². The third-order valence-electron chi connectivity index (χ3n) is 16.2. The van der Waals surface area contributed by atoms with E-state index in [-0.39, 0.29) is 0 Å². The number of hydrogen-bond acceptors (Lipinski definition) is 2. The number of benzene rings is 12. The Kier molecular flexibility index (Phi) is 6.98. The fraction of sp³-hybridized carbons (Fsp3) is 0.0303. The van der Waals surface area contributed by atoms with Crippen LogP contribution in [0.1, 0.15) is 44.5 Å².